The first-order valence-electron chi connectivity index (χ1n) is 8.45. The summed E-state index contributed by atoms with van der Waals surface area (Å²) in [5.74, 6) is 1.16. The van der Waals surface area contributed by atoms with Gasteiger partial charge in [-0.25, -0.2) is 0 Å². The molecule has 0 unspecified atom stereocenters. The molecule has 0 saturated carbocycles. The van der Waals surface area contributed by atoms with Crippen molar-refractivity contribution in [2.75, 3.05) is 32.8 Å². The first kappa shape index (κ1) is 17.0. The van der Waals surface area contributed by atoms with E-state index in [0.29, 0.717) is 25.5 Å². The minimum Gasteiger partial charge on any atom is -0.468 e. The zero-order valence-corrected chi connectivity index (χ0v) is 14.9. The molecule has 1 atom stereocenters. The van der Waals surface area contributed by atoms with Crippen molar-refractivity contribution in [3.8, 4) is 10.6 Å². The molecule has 1 fully saturated rings. The molecule has 4 heterocycles. The third kappa shape index (κ3) is 3.72. The first-order chi connectivity index (χ1) is 12.8. The van der Waals surface area contributed by atoms with Gasteiger partial charge in [-0.15, -0.1) is 11.3 Å². The number of carbonyl (C=O) groups is 1. The number of furan rings is 1. The molecule has 3 aromatic rings. The summed E-state index contributed by atoms with van der Waals surface area (Å²) in [6, 6.07) is 9.27. The summed E-state index contributed by atoms with van der Waals surface area (Å²) in [6.45, 7) is 3.38. The molecule has 0 spiro atoms. The fourth-order valence-corrected chi connectivity index (χ4v) is 3.65. The van der Waals surface area contributed by atoms with E-state index in [2.05, 4.69) is 15.4 Å². The van der Waals surface area contributed by atoms with E-state index in [-0.39, 0.29) is 17.6 Å². The Morgan fingerprint density at radius 1 is 1.31 bits per heavy atom. The van der Waals surface area contributed by atoms with Gasteiger partial charge >= 0.3 is 0 Å². The Morgan fingerprint density at radius 3 is 2.92 bits per heavy atom. The third-order valence-electron chi connectivity index (χ3n) is 4.32. The molecule has 26 heavy (non-hydrogen) atoms. The van der Waals surface area contributed by atoms with E-state index in [1.54, 1.807) is 23.7 Å². The van der Waals surface area contributed by atoms with E-state index in [1.807, 2.05) is 29.6 Å². The van der Waals surface area contributed by atoms with Gasteiger partial charge in [-0.3, -0.25) is 9.69 Å². The lowest BCUT2D eigenvalue weighted by atomic mass is 10.1. The van der Waals surface area contributed by atoms with Crippen molar-refractivity contribution in [2.45, 2.75) is 6.04 Å². The number of morpholine rings is 1. The molecule has 1 amide bonds. The Labute approximate surface area is 154 Å². The highest BCUT2D eigenvalue weighted by molar-refractivity contribution is 7.13. The maximum absolute atomic E-state index is 12.5. The van der Waals surface area contributed by atoms with E-state index in [9.17, 15) is 4.79 Å². The van der Waals surface area contributed by atoms with Gasteiger partial charge in [0, 0.05) is 25.7 Å². The second kappa shape index (κ2) is 7.86. The Bertz CT molecular complexity index is 823. The zero-order chi connectivity index (χ0) is 17.8. The minimum absolute atomic E-state index is 0.0403. The summed E-state index contributed by atoms with van der Waals surface area (Å²) in [5.41, 5.74) is 0.272. The van der Waals surface area contributed by atoms with Crippen molar-refractivity contribution in [1.29, 1.82) is 0 Å². The topological polar surface area (TPSA) is 80.7 Å². The molecular formula is C18H19N3O4S. The fraction of sp³-hybridized carbons (Fsp3) is 0.333. The number of carbonyl (C=O) groups excluding carboxylic acids is 1. The van der Waals surface area contributed by atoms with Gasteiger partial charge in [-0.2, -0.15) is 0 Å². The van der Waals surface area contributed by atoms with Gasteiger partial charge in [0.25, 0.3) is 5.91 Å². The molecule has 0 radical (unpaired) electrons. The van der Waals surface area contributed by atoms with Crippen LogP contribution in [0.5, 0.6) is 0 Å². The van der Waals surface area contributed by atoms with E-state index in [0.717, 1.165) is 23.7 Å². The second-order valence-corrected chi connectivity index (χ2v) is 6.89. The number of nitrogens with zero attached hydrogens (tertiary/aromatic N) is 2. The second-order valence-electron chi connectivity index (χ2n) is 5.94. The molecule has 0 aromatic carbocycles. The number of ether oxygens (including phenoxy) is 1. The highest BCUT2D eigenvalue weighted by atomic mass is 32.1. The van der Waals surface area contributed by atoms with Crippen LogP contribution in [0.25, 0.3) is 10.6 Å². The summed E-state index contributed by atoms with van der Waals surface area (Å²) in [4.78, 5) is 15.7. The van der Waals surface area contributed by atoms with Gasteiger partial charge in [0.1, 0.15) is 5.76 Å². The Kier molecular flexibility index (Phi) is 5.14. The summed E-state index contributed by atoms with van der Waals surface area (Å²) in [6.07, 6.45) is 1.65. The molecule has 4 rings (SSSR count). The molecule has 136 valence electrons. The number of aromatic nitrogens is 1. The van der Waals surface area contributed by atoms with Crippen molar-refractivity contribution < 1.29 is 18.5 Å². The summed E-state index contributed by atoms with van der Waals surface area (Å²) in [7, 11) is 0. The highest BCUT2D eigenvalue weighted by Gasteiger charge is 2.26. The van der Waals surface area contributed by atoms with Crippen LogP contribution < -0.4 is 5.32 Å². The third-order valence-corrected chi connectivity index (χ3v) is 5.21. The molecular weight excluding hydrogens is 354 g/mol. The SMILES string of the molecule is O=C(NC[C@H](c1ccco1)N1CCOCC1)c1cc(-c2cccs2)on1. The summed E-state index contributed by atoms with van der Waals surface area (Å²) < 4.78 is 16.3. The van der Waals surface area contributed by atoms with Crippen molar-refractivity contribution in [1.82, 2.24) is 15.4 Å². The molecule has 0 aliphatic carbocycles. The Hall–Kier alpha value is -2.42. The molecule has 3 aromatic heterocycles. The molecule has 1 aliphatic heterocycles. The van der Waals surface area contributed by atoms with Crippen LogP contribution in [0.1, 0.15) is 22.3 Å². The molecule has 0 bridgehead atoms. The van der Waals surface area contributed by atoms with Crippen molar-refractivity contribution in [3.05, 3.63) is 53.4 Å². The van der Waals surface area contributed by atoms with Crippen molar-refractivity contribution in [2.24, 2.45) is 0 Å². The maximum Gasteiger partial charge on any atom is 0.273 e. The Balaban J connectivity index is 1.43. The average molecular weight is 373 g/mol. The van der Waals surface area contributed by atoms with Gasteiger partial charge in [0.2, 0.25) is 0 Å². The van der Waals surface area contributed by atoms with Gasteiger partial charge in [-0.05, 0) is 23.6 Å². The normalized spacial score (nSPS) is 16.5. The monoisotopic (exact) mass is 373 g/mol. The number of thiophene rings is 1. The number of rotatable bonds is 6. The quantitative estimate of drug-likeness (QED) is 0.716. The lowest BCUT2D eigenvalue weighted by molar-refractivity contribution is 0.0118. The van der Waals surface area contributed by atoms with E-state index in [4.69, 9.17) is 13.7 Å². The maximum atomic E-state index is 12.5. The van der Waals surface area contributed by atoms with Crippen molar-refractivity contribution in [3.63, 3.8) is 0 Å². The predicted molar refractivity (Wildman–Crippen MR) is 96.0 cm³/mol. The van der Waals surface area contributed by atoms with Crippen LogP contribution >= 0.6 is 11.3 Å². The molecule has 1 aliphatic rings. The lowest BCUT2D eigenvalue weighted by Crippen LogP contribution is -2.43. The van der Waals surface area contributed by atoms with Gasteiger partial charge in [0.15, 0.2) is 11.5 Å². The molecule has 1 N–H and O–H groups in total. The van der Waals surface area contributed by atoms with Crippen LogP contribution in [0.3, 0.4) is 0 Å². The van der Waals surface area contributed by atoms with E-state index >= 15 is 0 Å². The van der Waals surface area contributed by atoms with Gasteiger partial charge in [-0.1, -0.05) is 11.2 Å². The van der Waals surface area contributed by atoms with Crippen LogP contribution in [0.4, 0.5) is 0 Å². The van der Waals surface area contributed by atoms with E-state index in [1.165, 1.54) is 0 Å². The summed E-state index contributed by atoms with van der Waals surface area (Å²) in [5, 5.41) is 8.78. The lowest BCUT2D eigenvalue weighted by Gasteiger charge is -2.33. The summed E-state index contributed by atoms with van der Waals surface area (Å²) >= 11 is 1.54. The standard InChI is InChI=1S/C18H19N3O4S/c22-18(13-11-16(25-20-13)17-4-2-10-26-17)19-12-14(15-3-1-7-24-15)21-5-8-23-9-6-21/h1-4,7,10-11,14H,5-6,8-9,12H2,(H,19,22)/t14-/m1/s1. The molecule has 7 nitrogen and oxygen atoms in total. The van der Waals surface area contributed by atoms with E-state index < -0.39 is 0 Å². The van der Waals surface area contributed by atoms with Gasteiger partial charge < -0.3 is 19.0 Å². The van der Waals surface area contributed by atoms with Crippen LogP contribution in [0.2, 0.25) is 0 Å². The molecule has 1 saturated heterocycles. The minimum atomic E-state index is -0.263. The fourth-order valence-electron chi connectivity index (χ4n) is 2.98. The van der Waals surface area contributed by atoms with Crippen LogP contribution in [-0.4, -0.2) is 48.8 Å². The predicted octanol–water partition coefficient (Wildman–Crippen LogP) is 2.80. The van der Waals surface area contributed by atoms with Crippen molar-refractivity contribution >= 4 is 17.2 Å². The molecule has 8 heteroatoms. The Morgan fingerprint density at radius 2 is 2.19 bits per heavy atom. The highest BCUT2D eigenvalue weighted by Crippen LogP contribution is 2.25. The van der Waals surface area contributed by atoms with Gasteiger partial charge in [0.05, 0.1) is 30.4 Å². The smallest absolute Gasteiger partial charge is 0.273 e. The number of hydrogen-bond donors (Lipinski definition) is 1. The number of amides is 1. The first-order valence-corrected chi connectivity index (χ1v) is 9.33. The largest absolute Gasteiger partial charge is 0.468 e. The van der Waals surface area contributed by atoms with Crippen LogP contribution in [0.15, 0.2) is 50.9 Å². The average Bonchev–Trinajstić information content (AvgIpc) is 3.43. The van der Waals surface area contributed by atoms with Crippen LogP contribution in [-0.2, 0) is 4.74 Å². The van der Waals surface area contributed by atoms with Crippen LogP contribution in [0, 0.1) is 0 Å². The zero-order valence-electron chi connectivity index (χ0n) is 14.1. The number of nitrogens with one attached hydrogen (secondary N) is 1. The number of hydrogen-bond acceptors (Lipinski definition) is 7.